The quantitative estimate of drug-likeness (QED) is 0.864. The Balaban J connectivity index is 2.38. The SMILES string of the molecule is COC(=O)c1cn(C2(C)CC2)c(=O)cc1NC(=O)OC(C)(C)C. The first-order chi connectivity index (χ1) is 10.6. The molecule has 1 aromatic rings. The third kappa shape index (κ3) is 3.91. The van der Waals surface area contributed by atoms with Gasteiger partial charge in [0.25, 0.3) is 5.56 Å². The first kappa shape index (κ1) is 17.1. The van der Waals surface area contributed by atoms with Gasteiger partial charge in [-0.3, -0.25) is 10.1 Å². The molecule has 0 saturated heterocycles. The lowest BCUT2D eigenvalue weighted by Crippen LogP contribution is -2.31. The van der Waals surface area contributed by atoms with E-state index in [1.54, 1.807) is 20.8 Å². The molecule has 1 aliphatic carbocycles. The molecule has 0 spiro atoms. The van der Waals surface area contributed by atoms with Crippen molar-refractivity contribution in [3.05, 3.63) is 28.2 Å². The lowest BCUT2D eigenvalue weighted by atomic mass is 10.2. The van der Waals surface area contributed by atoms with Gasteiger partial charge in [-0.05, 0) is 40.5 Å². The van der Waals surface area contributed by atoms with Crippen LogP contribution in [-0.2, 0) is 15.0 Å². The number of pyridine rings is 1. The molecule has 1 aliphatic rings. The third-order valence-electron chi connectivity index (χ3n) is 3.65. The second-order valence-electron chi connectivity index (χ2n) is 6.92. The minimum absolute atomic E-state index is 0.0802. The predicted octanol–water partition coefficient (Wildman–Crippen LogP) is 2.49. The van der Waals surface area contributed by atoms with Gasteiger partial charge in [0.15, 0.2) is 0 Å². The monoisotopic (exact) mass is 322 g/mol. The number of amides is 1. The van der Waals surface area contributed by atoms with E-state index in [-0.39, 0.29) is 22.3 Å². The molecule has 1 fully saturated rings. The fourth-order valence-corrected chi connectivity index (χ4v) is 2.17. The minimum atomic E-state index is -0.738. The van der Waals surface area contributed by atoms with Crippen molar-refractivity contribution in [2.75, 3.05) is 12.4 Å². The van der Waals surface area contributed by atoms with Gasteiger partial charge in [-0.2, -0.15) is 0 Å². The number of hydrogen-bond donors (Lipinski definition) is 1. The van der Waals surface area contributed by atoms with Crippen molar-refractivity contribution in [3.8, 4) is 0 Å². The van der Waals surface area contributed by atoms with Crippen LogP contribution in [0.3, 0.4) is 0 Å². The van der Waals surface area contributed by atoms with Crippen LogP contribution in [0.2, 0.25) is 0 Å². The first-order valence-corrected chi connectivity index (χ1v) is 7.41. The molecule has 1 N–H and O–H groups in total. The topological polar surface area (TPSA) is 86.6 Å². The van der Waals surface area contributed by atoms with Gasteiger partial charge in [0, 0.05) is 17.8 Å². The number of ether oxygens (including phenoxy) is 2. The average Bonchev–Trinajstić information content (AvgIpc) is 3.14. The number of hydrogen-bond acceptors (Lipinski definition) is 5. The van der Waals surface area contributed by atoms with Gasteiger partial charge in [-0.15, -0.1) is 0 Å². The number of esters is 1. The maximum atomic E-state index is 12.3. The Hall–Kier alpha value is -2.31. The summed E-state index contributed by atoms with van der Waals surface area (Å²) >= 11 is 0. The Morgan fingerprint density at radius 2 is 1.91 bits per heavy atom. The maximum absolute atomic E-state index is 12.3. The van der Waals surface area contributed by atoms with Gasteiger partial charge >= 0.3 is 12.1 Å². The van der Waals surface area contributed by atoms with Crippen molar-refractivity contribution >= 4 is 17.7 Å². The summed E-state index contributed by atoms with van der Waals surface area (Å²) in [4.78, 5) is 36.2. The summed E-state index contributed by atoms with van der Waals surface area (Å²) in [7, 11) is 1.24. The van der Waals surface area contributed by atoms with Crippen LogP contribution in [-0.4, -0.2) is 29.3 Å². The number of aromatic nitrogens is 1. The van der Waals surface area contributed by atoms with E-state index in [9.17, 15) is 14.4 Å². The summed E-state index contributed by atoms with van der Waals surface area (Å²) in [5.41, 5.74) is -1.05. The molecular weight excluding hydrogens is 300 g/mol. The summed E-state index contributed by atoms with van der Waals surface area (Å²) in [6.07, 6.45) is 2.43. The molecule has 0 atom stereocenters. The second-order valence-corrected chi connectivity index (χ2v) is 6.92. The molecule has 0 unspecified atom stereocenters. The molecule has 0 aromatic carbocycles. The summed E-state index contributed by atoms with van der Waals surface area (Å²) < 4.78 is 11.4. The molecule has 0 radical (unpaired) electrons. The molecule has 0 aliphatic heterocycles. The van der Waals surface area contributed by atoms with Gasteiger partial charge in [-0.25, -0.2) is 9.59 Å². The van der Waals surface area contributed by atoms with Gasteiger partial charge in [-0.1, -0.05) is 0 Å². The van der Waals surface area contributed by atoms with Crippen LogP contribution in [0.4, 0.5) is 10.5 Å². The lowest BCUT2D eigenvalue weighted by Gasteiger charge is -2.21. The fourth-order valence-electron chi connectivity index (χ4n) is 2.17. The van der Waals surface area contributed by atoms with Crippen LogP contribution in [0.25, 0.3) is 0 Å². The van der Waals surface area contributed by atoms with Crippen molar-refractivity contribution in [2.45, 2.75) is 51.7 Å². The second kappa shape index (κ2) is 5.72. The van der Waals surface area contributed by atoms with E-state index in [1.165, 1.54) is 23.9 Å². The number of rotatable bonds is 3. The van der Waals surface area contributed by atoms with Crippen molar-refractivity contribution in [3.63, 3.8) is 0 Å². The Morgan fingerprint density at radius 3 is 2.39 bits per heavy atom. The Bertz CT molecular complexity index is 695. The van der Waals surface area contributed by atoms with Crippen molar-refractivity contribution in [1.82, 2.24) is 4.57 Å². The van der Waals surface area contributed by atoms with Gasteiger partial charge < -0.3 is 14.0 Å². The molecule has 2 rings (SSSR count). The van der Waals surface area contributed by atoms with Crippen LogP contribution >= 0.6 is 0 Å². The number of anilines is 1. The zero-order valence-electron chi connectivity index (χ0n) is 14.1. The highest BCUT2D eigenvalue weighted by atomic mass is 16.6. The molecular formula is C16H22N2O5. The Kier molecular flexibility index (Phi) is 4.24. The smallest absolute Gasteiger partial charge is 0.412 e. The largest absolute Gasteiger partial charge is 0.465 e. The van der Waals surface area contributed by atoms with Crippen LogP contribution in [0.1, 0.15) is 50.9 Å². The molecule has 1 saturated carbocycles. The van der Waals surface area contributed by atoms with E-state index < -0.39 is 17.7 Å². The summed E-state index contributed by atoms with van der Waals surface area (Å²) in [5.74, 6) is -0.631. The van der Waals surface area contributed by atoms with E-state index in [1.807, 2.05) is 6.92 Å². The normalized spacial score (nSPS) is 15.7. The number of carbonyl (C=O) groups excluding carboxylic acids is 2. The summed E-state index contributed by atoms with van der Waals surface area (Å²) in [6, 6.07) is 1.22. The average molecular weight is 322 g/mol. The third-order valence-corrected chi connectivity index (χ3v) is 3.65. The number of nitrogens with one attached hydrogen (secondary N) is 1. The first-order valence-electron chi connectivity index (χ1n) is 7.41. The minimum Gasteiger partial charge on any atom is -0.465 e. The van der Waals surface area contributed by atoms with E-state index in [4.69, 9.17) is 9.47 Å². The van der Waals surface area contributed by atoms with Gasteiger partial charge in [0.1, 0.15) is 5.60 Å². The van der Waals surface area contributed by atoms with E-state index in [2.05, 4.69) is 5.32 Å². The molecule has 126 valence electrons. The van der Waals surface area contributed by atoms with E-state index >= 15 is 0 Å². The van der Waals surface area contributed by atoms with E-state index in [0.29, 0.717) is 0 Å². The van der Waals surface area contributed by atoms with Crippen molar-refractivity contribution in [1.29, 1.82) is 0 Å². The molecule has 1 aromatic heterocycles. The number of methoxy groups -OCH3 is 1. The predicted molar refractivity (Wildman–Crippen MR) is 84.8 cm³/mol. The van der Waals surface area contributed by atoms with Crippen LogP contribution < -0.4 is 10.9 Å². The Morgan fingerprint density at radius 1 is 1.30 bits per heavy atom. The number of nitrogens with zero attached hydrogens (tertiary/aromatic N) is 1. The maximum Gasteiger partial charge on any atom is 0.412 e. The zero-order valence-corrected chi connectivity index (χ0v) is 14.1. The molecule has 1 amide bonds. The lowest BCUT2D eigenvalue weighted by molar-refractivity contribution is 0.0600. The van der Waals surface area contributed by atoms with Crippen LogP contribution in [0, 0.1) is 0 Å². The van der Waals surface area contributed by atoms with Crippen molar-refractivity contribution < 1.29 is 19.1 Å². The van der Waals surface area contributed by atoms with Crippen LogP contribution in [0.5, 0.6) is 0 Å². The van der Waals surface area contributed by atoms with Gasteiger partial charge in [0.2, 0.25) is 0 Å². The Labute approximate surface area is 134 Å². The number of carbonyl (C=O) groups is 2. The standard InChI is InChI=1S/C16H22N2O5/c1-15(2,3)23-14(21)17-11-8-12(19)18(16(4)6-7-16)9-10(11)13(20)22-5/h8-9H,6-7H2,1-5H3,(H,17,21). The highest BCUT2D eigenvalue weighted by molar-refractivity contribution is 5.99. The highest BCUT2D eigenvalue weighted by Crippen LogP contribution is 2.42. The molecule has 1 heterocycles. The van der Waals surface area contributed by atoms with Crippen LogP contribution in [0.15, 0.2) is 17.1 Å². The van der Waals surface area contributed by atoms with E-state index in [0.717, 1.165) is 12.8 Å². The molecule has 23 heavy (non-hydrogen) atoms. The molecule has 0 bridgehead atoms. The van der Waals surface area contributed by atoms with Gasteiger partial charge in [0.05, 0.1) is 18.4 Å². The molecule has 7 nitrogen and oxygen atoms in total. The van der Waals surface area contributed by atoms with Crippen molar-refractivity contribution in [2.24, 2.45) is 0 Å². The fraction of sp³-hybridized carbons (Fsp3) is 0.562. The zero-order chi connectivity index (χ0) is 17.4. The summed E-state index contributed by atoms with van der Waals surface area (Å²) in [5, 5.41) is 2.45. The highest BCUT2D eigenvalue weighted by Gasteiger charge is 2.40. The summed E-state index contributed by atoms with van der Waals surface area (Å²) in [6.45, 7) is 7.11. The molecule has 7 heteroatoms.